The second kappa shape index (κ2) is 8.03. The number of aliphatic carboxylic acids is 1. The topological polar surface area (TPSA) is 122 Å². The predicted octanol–water partition coefficient (Wildman–Crippen LogP) is 0.718. The summed E-state index contributed by atoms with van der Waals surface area (Å²) >= 11 is 0. The molecule has 8 heteroatoms. The Bertz CT molecular complexity index is 502. The van der Waals surface area contributed by atoms with Gasteiger partial charge in [0.2, 0.25) is 5.91 Å². The third kappa shape index (κ3) is 10.1. The fourth-order valence-corrected chi connectivity index (χ4v) is 1.25. The van der Waals surface area contributed by atoms with E-state index in [-0.39, 0.29) is 17.1 Å². The highest BCUT2D eigenvalue weighted by molar-refractivity contribution is 5.93. The third-order valence-electron chi connectivity index (χ3n) is 1.81. The standard InChI is InChI=1S/C7H8N2O4.C6H13NO/c1-4-2-5(9-13-4)7(12)8-3-6(10)11;1-5(8)7-6(2,3)4/h2H,3H2,1H3,(H,8,12)(H,10,11);1-4H3,(H,7,8). The number of hydrogen-bond acceptors (Lipinski definition) is 5. The maximum atomic E-state index is 11.1. The van der Waals surface area contributed by atoms with Crippen LogP contribution in [-0.2, 0) is 9.59 Å². The Morgan fingerprint density at radius 1 is 1.33 bits per heavy atom. The number of aryl methyl sites for hydroxylation is 1. The van der Waals surface area contributed by atoms with E-state index in [4.69, 9.17) is 5.11 Å². The fraction of sp³-hybridized carbons (Fsp3) is 0.538. The molecule has 0 aromatic carbocycles. The molecule has 0 spiro atoms. The number of carbonyl (C=O) groups is 3. The van der Waals surface area contributed by atoms with Gasteiger partial charge in [-0.25, -0.2) is 0 Å². The summed E-state index contributed by atoms with van der Waals surface area (Å²) in [6, 6.07) is 1.43. The van der Waals surface area contributed by atoms with Crippen LogP contribution in [-0.4, -0.2) is 40.1 Å². The summed E-state index contributed by atoms with van der Waals surface area (Å²) in [5, 5.41) is 16.6. The van der Waals surface area contributed by atoms with E-state index in [1.807, 2.05) is 20.8 Å². The van der Waals surface area contributed by atoms with E-state index in [1.165, 1.54) is 13.0 Å². The molecule has 21 heavy (non-hydrogen) atoms. The van der Waals surface area contributed by atoms with Gasteiger partial charge in [0.15, 0.2) is 5.69 Å². The molecular formula is C13H21N3O5. The van der Waals surface area contributed by atoms with Gasteiger partial charge in [-0.15, -0.1) is 0 Å². The van der Waals surface area contributed by atoms with E-state index in [9.17, 15) is 14.4 Å². The average Bonchev–Trinajstić information content (AvgIpc) is 2.70. The highest BCUT2D eigenvalue weighted by Crippen LogP contribution is 2.00. The Hall–Kier alpha value is -2.38. The number of nitrogens with one attached hydrogen (secondary N) is 2. The van der Waals surface area contributed by atoms with E-state index in [1.54, 1.807) is 6.92 Å². The normalized spacial score (nSPS) is 10.1. The van der Waals surface area contributed by atoms with Crippen molar-refractivity contribution in [3.63, 3.8) is 0 Å². The SMILES string of the molecule is CC(=O)NC(C)(C)C.Cc1cc(C(=O)NCC(=O)O)no1. The highest BCUT2D eigenvalue weighted by atomic mass is 16.5. The van der Waals surface area contributed by atoms with Crippen LogP contribution in [0.1, 0.15) is 43.9 Å². The molecular weight excluding hydrogens is 278 g/mol. The molecule has 0 radical (unpaired) electrons. The lowest BCUT2D eigenvalue weighted by molar-refractivity contribution is -0.135. The Morgan fingerprint density at radius 2 is 1.90 bits per heavy atom. The third-order valence-corrected chi connectivity index (χ3v) is 1.81. The first-order valence-electron chi connectivity index (χ1n) is 6.23. The molecule has 0 aliphatic rings. The minimum atomic E-state index is -1.10. The summed E-state index contributed by atoms with van der Waals surface area (Å²) in [7, 11) is 0. The largest absolute Gasteiger partial charge is 0.480 e. The summed E-state index contributed by atoms with van der Waals surface area (Å²) in [6.07, 6.45) is 0. The number of aromatic nitrogens is 1. The Morgan fingerprint density at radius 3 is 2.19 bits per heavy atom. The van der Waals surface area contributed by atoms with Gasteiger partial charge in [-0.2, -0.15) is 0 Å². The first-order valence-corrected chi connectivity index (χ1v) is 6.23. The van der Waals surface area contributed by atoms with Crippen molar-refractivity contribution in [1.29, 1.82) is 0 Å². The summed E-state index contributed by atoms with van der Waals surface area (Å²) in [4.78, 5) is 31.5. The lowest BCUT2D eigenvalue weighted by atomic mass is 10.1. The lowest BCUT2D eigenvalue weighted by Crippen LogP contribution is -2.38. The molecule has 0 bridgehead atoms. The lowest BCUT2D eigenvalue weighted by Gasteiger charge is -2.18. The Labute approximate surface area is 122 Å². The van der Waals surface area contributed by atoms with Crippen LogP contribution < -0.4 is 10.6 Å². The Balaban J connectivity index is 0.000000433. The van der Waals surface area contributed by atoms with Gasteiger partial charge in [0.1, 0.15) is 12.3 Å². The maximum absolute atomic E-state index is 11.1. The summed E-state index contributed by atoms with van der Waals surface area (Å²) in [5.41, 5.74) is 0.00463. The summed E-state index contributed by atoms with van der Waals surface area (Å²) in [6.45, 7) is 8.59. The van der Waals surface area contributed by atoms with Gasteiger partial charge in [-0.05, 0) is 27.7 Å². The molecule has 8 nitrogen and oxygen atoms in total. The van der Waals surface area contributed by atoms with E-state index >= 15 is 0 Å². The molecule has 1 aromatic rings. The summed E-state index contributed by atoms with van der Waals surface area (Å²) in [5.74, 6) is -1.13. The number of hydrogen-bond donors (Lipinski definition) is 3. The van der Waals surface area contributed by atoms with Crippen LogP contribution in [0.3, 0.4) is 0 Å². The molecule has 1 heterocycles. The van der Waals surface area contributed by atoms with Crippen LogP contribution in [0.4, 0.5) is 0 Å². The monoisotopic (exact) mass is 299 g/mol. The van der Waals surface area contributed by atoms with Crippen LogP contribution in [0.25, 0.3) is 0 Å². The smallest absolute Gasteiger partial charge is 0.322 e. The van der Waals surface area contributed by atoms with Gasteiger partial charge >= 0.3 is 5.97 Å². The first-order chi connectivity index (χ1) is 9.51. The van der Waals surface area contributed by atoms with Gasteiger partial charge in [0.25, 0.3) is 5.91 Å². The number of rotatable bonds is 3. The number of amides is 2. The van der Waals surface area contributed by atoms with Crippen LogP contribution >= 0.6 is 0 Å². The van der Waals surface area contributed by atoms with Gasteiger partial charge in [-0.1, -0.05) is 5.16 Å². The van der Waals surface area contributed by atoms with Crippen molar-refractivity contribution >= 4 is 17.8 Å². The van der Waals surface area contributed by atoms with Gasteiger partial charge < -0.3 is 20.3 Å². The highest BCUT2D eigenvalue weighted by Gasteiger charge is 2.11. The number of carboxylic acids is 1. The molecule has 118 valence electrons. The molecule has 0 aliphatic heterocycles. The van der Waals surface area contributed by atoms with Crippen LogP contribution in [0.5, 0.6) is 0 Å². The van der Waals surface area contributed by atoms with Crippen molar-refractivity contribution < 1.29 is 24.0 Å². The minimum absolute atomic E-state index is 0.0255. The van der Waals surface area contributed by atoms with Gasteiger partial charge in [0, 0.05) is 18.5 Å². The number of carboxylic acid groups (broad SMARTS) is 1. The van der Waals surface area contributed by atoms with Crippen LogP contribution in [0.15, 0.2) is 10.6 Å². The zero-order valence-corrected chi connectivity index (χ0v) is 12.8. The van der Waals surface area contributed by atoms with E-state index in [2.05, 4.69) is 20.3 Å². The molecule has 0 fully saturated rings. The average molecular weight is 299 g/mol. The van der Waals surface area contributed by atoms with Crippen LogP contribution in [0, 0.1) is 6.92 Å². The van der Waals surface area contributed by atoms with Crippen molar-refractivity contribution in [2.45, 2.75) is 40.2 Å². The molecule has 3 N–H and O–H groups in total. The molecule has 0 saturated heterocycles. The van der Waals surface area contributed by atoms with E-state index < -0.39 is 18.4 Å². The van der Waals surface area contributed by atoms with Crippen molar-refractivity contribution in [3.05, 3.63) is 17.5 Å². The zero-order valence-electron chi connectivity index (χ0n) is 12.8. The van der Waals surface area contributed by atoms with Crippen molar-refractivity contribution in [1.82, 2.24) is 15.8 Å². The Kier molecular flexibility index (Phi) is 7.12. The van der Waals surface area contributed by atoms with Gasteiger partial charge in [0.05, 0.1) is 0 Å². The van der Waals surface area contributed by atoms with E-state index in [0.717, 1.165) is 0 Å². The van der Waals surface area contributed by atoms with Crippen molar-refractivity contribution in [2.75, 3.05) is 6.54 Å². The first kappa shape index (κ1) is 18.6. The fourth-order valence-electron chi connectivity index (χ4n) is 1.25. The van der Waals surface area contributed by atoms with Crippen LogP contribution in [0.2, 0.25) is 0 Å². The number of carbonyl (C=O) groups excluding carboxylic acids is 2. The zero-order chi connectivity index (χ0) is 16.6. The van der Waals surface area contributed by atoms with Crippen molar-refractivity contribution in [3.8, 4) is 0 Å². The summed E-state index contributed by atoms with van der Waals surface area (Å²) < 4.78 is 4.63. The predicted molar refractivity (Wildman–Crippen MR) is 74.8 cm³/mol. The molecule has 2 amide bonds. The molecule has 0 atom stereocenters. The molecule has 1 aromatic heterocycles. The molecule has 0 saturated carbocycles. The van der Waals surface area contributed by atoms with Gasteiger partial charge in [-0.3, -0.25) is 14.4 Å². The maximum Gasteiger partial charge on any atom is 0.322 e. The van der Waals surface area contributed by atoms with Crippen molar-refractivity contribution in [2.24, 2.45) is 0 Å². The second-order valence-electron chi connectivity index (χ2n) is 5.33. The quantitative estimate of drug-likeness (QED) is 0.756. The molecule has 0 aliphatic carbocycles. The van der Waals surface area contributed by atoms with E-state index in [0.29, 0.717) is 5.76 Å². The molecule has 1 rings (SSSR count). The molecule has 0 unspecified atom stereocenters. The second-order valence-corrected chi connectivity index (χ2v) is 5.33. The minimum Gasteiger partial charge on any atom is -0.480 e. The number of nitrogens with zero attached hydrogens (tertiary/aromatic N) is 1.